The van der Waals surface area contributed by atoms with Gasteiger partial charge in [-0.2, -0.15) is 0 Å². The van der Waals surface area contributed by atoms with Crippen molar-refractivity contribution in [2.75, 3.05) is 11.1 Å². The van der Waals surface area contributed by atoms with E-state index in [4.69, 9.17) is 5.73 Å². The van der Waals surface area contributed by atoms with Crippen LogP contribution < -0.4 is 11.1 Å². The minimum Gasteiger partial charge on any atom is -0.384 e. The average Bonchev–Trinajstić information content (AvgIpc) is 2.42. The predicted molar refractivity (Wildman–Crippen MR) is 81.8 cm³/mol. The summed E-state index contributed by atoms with van der Waals surface area (Å²) in [6.07, 6.45) is 0. The molecule has 0 saturated heterocycles. The van der Waals surface area contributed by atoms with Crippen molar-refractivity contribution in [2.24, 2.45) is 0 Å². The minimum absolute atomic E-state index is 0.164. The van der Waals surface area contributed by atoms with Crippen LogP contribution in [-0.4, -0.2) is 10.9 Å². The molecule has 1 aromatic carbocycles. The van der Waals surface area contributed by atoms with Crippen LogP contribution in [0.4, 0.5) is 15.9 Å². The highest BCUT2D eigenvalue weighted by Crippen LogP contribution is 2.18. The van der Waals surface area contributed by atoms with Gasteiger partial charge in [-0.1, -0.05) is 19.9 Å². The Hall–Kier alpha value is -2.43. The van der Waals surface area contributed by atoms with E-state index >= 15 is 0 Å². The molecular weight excluding hydrogens is 269 g/mol. The maximum absolute atomic E-state index is 13.5. The van der Waals surface area contributed by atoms with Gasteiger partial charge in [0, 0.05) is 16.9 Å². The fourth-order valence-electron chi connectivity index (χ4n) is 1.87. The van der Waals surface area contributed by atoms with Crippen molar-refractivity contribution in [1.29, 1.82) is 0 Å². The normalized spacial score (nSPS) is 10.7. The molecule has 21 heavy (non-hydrogen) atoms. The molecule has 3 N–H and O–H groups in total. The Balaban J connectivity index is 2.25. The number of nitrogen functional groups attached to an aromatic ring is 1. The molecule has 0 atom stereocenters. The summed E-state index contributed by atoms with van der Waals surface area (Å²) in [7, 11) is 0. The number of rotatable bonds is 3. The molecular formula is C16H18FN3O. The Morgan fingerprint density at radius 3 is 2.62 bits per heavy atom. The fraction of sp³-hybridized carbons (Fsp3) is 0.250. The summed E-state index contributed by atoms with van der Waals surface area (Å²) in [6.45, 7) is 5.61. The molecule has 1 aromatic heterocycles. The summed E-state index contributed by atoms with van der Waals surface area (Å²) in [4.78, 5) is 16.4. The Morgan fingerprint density at radius 1 is 1.29 bits per heavy atom. The van der Waals surface area contributed by atoms with E-state index in [9.17, 15) is 9.18 Å². The van der Waals surface area contributed by atoms with E-state index in [-0.39, 0.29) is 17.6 Å². The summed E-state index contributed by atoms with van der Waals surface area (Å²) in [5.41, 5.74) is 7.81. The number of carbonyl (C=O) groups is 1. The average molecular weight is 287 g/mol. The first-order chi connectivity index (χ1) is 9.86. The van der Waals surface area contributed by atoms with Crippen molar-refractivity contribution in [1.82, 2.24) is 4.98 Å². The van der Waals surface area contributed by atoms with Crippen molar-refractivity contribution >= 4 is 17.4 Å². The lowest BCUT2D eigenvalue weighted by molar-refractivity contribution is 0.102. The number of aryl methyl sites for hydroxylation is 1. The summed E-state index contributed by atoms with van der Waals surface area (Å²) in [6, 6.07) is 7.77. The van der Waals surface area contributed by atoms with E-state index in [1.165, 1.54) is 12.1 Å². The first-order valence-electron chi connectivity index (χ1n) is 6.72. The van der Waals surface area contributed by atoms with Crippen LogP contribution in [0.15, 0.2) is 30.3 Å². The lowest BCUT2D eigenvalue weighted by atomic mass is 10.1. The molecule has 0 unspecified atom stereocenters. The molecule has 110 valence electrons. The van der Waals surface area contributed by atoms with Gasteiger partial charge in [0.2, 0.25) is 0 Å². The molecule has 2 aromatic rings. The van der Waals surface area contributed by atoms with Gasteiger partial charge in [0.25, 0.3) is 5.91 Å². The van der Waals surface area contributed by atoms with Gasteiger partial charge in [-0.05, 0) is 42.7 Å². The molecule has 0 aliphatic carbocycles. The summed E-state index contributed by atoms with van der Waals surface area (Å²) >= 11 is 0. The zero-order valence-corrected chi connectivity index (χ0v) is 12.3. The second-order valence-corrected chi connectivity index (χ2v) is 5.28. The molecule has 0 aliphatic rings. The number of hydrogen-bond donors (Lipinski definition) is 2. The second-order valence-electron chi connectivity index (χ2n) is 5.28. The zero-order chi connectivity index (χ0) is 15.6. The number of carbonyl (C=O) groups excluding carboxylic acids is 1. The Bertz CT molecular complexity index is 683. The lowest BCUT2D eigenvalue weighted by Crippen LogP contribution is -2.14. The molecule has 1 heterocycles. The largest absolute Gasteiger partial charge is 0.384 e. The number of halogens is 1. The van der Waals surface area contributed by atoms with Crippen molar-refractivity contribution < 1.29 is 9.18 Å². The van der Waals surface area contributed by atoms with Gasteiger partial charge in [-0.15, -0.1) is 0 Å². The molecule has 2 rings (SSSR count). The van der Waals surface area contributed by atoms with E-state index in [2.05, 4.69) is 10.3 Å². The van der Waals surface area contributed by atoms with Crippen LogP contribution in [0.25, 0.3) is 0 Å². The van der Waals surface area contributed by atoms with Crippen LogP contribution in [0.3, 0.4) is 0 Å². The van der Waals surface area contributed by atoms with Crippen LogP contribution in [0.5, 0.6) is 0 Å². The zero-order valence-electron chi connectivity index (χ0n) is 12.3. The number of anilines is 2. The van der Waals surface area contributed by atoms with Gasteiger partial charge in [-0.3, -0.25) is 4.79 Å². The first kappa shape index (κ1) is 15.0. The van der Waals surface area contributed by atoms with Crippen LogP contribution in [-0.2, 0) is 0 Å². The van der Waals surface area contributed by atoms with Crippen LogP contribution in [0.1, 0.15) is 41.4 Å². The van der Waals surface area contributed by atoms with E-state index in [1.807, 2.05) is 13.8 Å². The quantitative estimate of drug-likeness (QED) is 0.908. The Labute approximate surface area is 123 Å². The predicted octanol–water partition coefficient (Wildman–Crippen LogP) is 3.49. The van der Waals surface area contributed by atoms with Gasteiger partial charge >= 0.3 is 0 Å². The number of nitrogens with zero attached hydrogens (tertiary/aromatic N) is 1. The van der Waals surface area contributed by atoms with Gasteiger partial charge < -0.3 is 11.1 Å². The lowest BCUT2D eigenvalue weighted by Gasteiger charge is -2.10. The summed E-state index contributed by atoms with van der Waals surface area (Å²) in [5, 5.41) is 2.66. The van der Waals surface area contributed by atoms with Gasteiger partial charge in [0.15, 0.2) is 0 Å². The summed E-state index contributed by atoms with van der Waals surface area (Å²) < 4.78 is 13.5. The molecule has 5 heteroatoms. The highest BCUT2D eigenvalue weighted by molar-refractivity contribution is 6.04. The number of amides is 1. The Morgan fingerprint density at radius 2 is 2.00 bits per heavy atom. The third kappa shape index (κ3) is 3.56. The highest BCUT2D eigenvalue weighted by atomic mass is 19.1. The number of nitrogens with two attached hydrogens (primary N) is 1. The number of aromatic nitrogens is 1. The van der Waals surface area contributed by atoms with Crippen molar-refractivity contribution in [3.8, 4) is 0 Å². The molecule has 0 bridgehead atoms. The molecule has 1 amide bonds. The smallest absolute Gasteiger partial charge is 0.255 e. The molecule has 0 saturated carbocycles. The van der Waals surface area contributed by atoms with E-state index < -0.39 is 0 Å². The fourth-order valence-corrected chi connectivity index (χ4v) is 1.87. The standard InChI is InChI=1S/C16H18FN3O/c1-9(2)14-6-11(7-15(18)20-14)16(21)19-12-5-4-10(3)13(17)8-12/h4-9H,1-3H3,(H2,18,20)(H,19,21). The van der Waals surface area contributed by atoms with E-state index in [0.29, 0.717) is 22.6 Å². The highest BCUT2D eigenvalue weighted by Gasteiger charge is 2.12. The molecule has 4 nitrogen and oxygen atoms in total. The first-order valence-corrected chi connectivity index (χ1v) is 6.72. The van der Waals surface area contributed by atoms with E-state index in [1.54, 1.807) is 25.1 Å². The van der Waals surface area contributed by atoms with Gasteiger partial charge in [0.1, 0.15) is 11.6 Å². The number of benzene rings is 1. The maximum atomic E-state index is 13.5. The monoisotopic (exact) mass is 287 g/mol. The van der Waals surface area contributed by atoms with Crippen molar-refractivity contribution in [3.05, 3.63) is 53.0 Å². The minimum atomic E-state index is -0.357. The maximum Gasteiger partial charge on any atom is 0.255 e. The second kappa shape index (κ2) is 5.91. The van der Waals surface area contributed by atoms with Crippen molar-refractivity contribution in [3.63, 3.8) is 0 Å². The van der Waals surface area contributed by atoms with Gasteiger partial charge in [0.05, 0.1) is 0 Å². The van der Waals surface area contributed by atoms with E-state index in [0.717, 1.165) is 5.69 Å². The van der Waals surface area contributed by atoms with Crippen LogP contribution >= 0.6 is 0 Å². The Kier molecular flexibility index (Phi) is 4.21. The summed E-state index contributed by atoms with van der Waals surface area (Å²) in [5.74, 6) is -0.238. The van der Waals surface area contributed by atoms with Gasteiger partial charge in [-0.25, -0.2) is 9.37 Å². The number of nitrogens with one attached hydrogen (secondary N) is 1. The van der Waals surface area contributed by atoms with Crippen LogP contribution in [0.2, 0.25) is 0 Å². The third-order valence-electron chi connectivity index (χ3n) is 3.15. The number of hydrogen-bond acceptors (Lipinski definition) is 3. The topological polar surface area (TPSA) is 68.0 Å². The molecule has 0 fully saturated rings. The molecule has 0 radical (unpaired) electrons. The van der Waals surface area contributed by atoms with Crippen molar-refractivity contribution in [2.45, 2.75) is 26.7 Å². The van der Waals surface area contributed by atoms with Crippen LogP contribution in [0, 0.1) is 12.7 Å². The third-order valence-corrected chi connectivity index (χ3v) is 3.15. The molecule has 0 spiro atoms. The molecule has 0 aliphatic heterocycles. The number of pyridine rings is 1. The SMILES string of the molecule is Cc1ccc(NC(=O)c2cc(N)nc(C(C)C)c2)cc1F.